The Labute approximate surface area is 383 Å². The molecule has 4 fully saturated rings. The summed E-state index contributed by atoms with van der Waals surface area (Å²) < 4.78 is 59.7. The third-order valence-corrected chi connectivity index (χ3v) is 21.6. The van der Waals surface area contributed by atoms with Gasteiger partial charge in [-0.1, -0.05) is 83.9 Å². The number of carbonyl (C=O) groups excluding carboxylic acids is 1. The number of nitrogens with zero attached hydrogens (tertiary/aromatic N) is 6. The van der Waals surface area contributed by atoms with Crippen molar-refractivity contribution >= 4 is 41.7 Å². The SMILES string of the molecule is C=C1CCN2C[C@H](OC)CC12COc1nc2c3c(nc(-c4cccc5ccc(F)c(C#C[Si](C(C)C)(C(C)C)C(C)C)c45)c(F)c3n1)O[C@@H](C)[C@@H]1[C@@H]3CC[C@H](CN21)N3C(=O)OC(C)(C)C. The van der Waals surface area contributed by atoms with Crippen molar-refractivity contribution in [3.8, 4) is 34.6 Å². The average molecular weight is 907 g/mol. The van der Waals surface area contributed by atoms with Gasteiger partial charge in [-0.3, -0.25) is 9.80 Å². The maximum atomic E-state index is 18.1. The number of amides is 1. The normalized spacial score (nSPS) is 25.3. The Balaban J connectivity index is 1.23. The van der Waals surface area contributed by atoms with E-state index in [9.17, 15) is 4.79 Å². The van der Waals surface area contributed by atoms with E-state index in [4.69, 9.17) is 33.9 Å². The maximum Gasteiger partial charge on any atom is 0.410 e. The van der Waals surface area contributed by atoms with Gasteiger partial charge in [0.25, 0.3) is 0 Å². The Kier molecular flexibility index (Phi) is 11.5. The fourth-order valence-electron chi connectivity index (χ4n) is 12.3. The zero-order valence-electron chi connectivity index (χ0n) is 39.8. The van der Waals surface area contributed by atoms with Gasteiger partial charge in [-0.2, -0.15) is 9.97 Å². The molecule has 0 radical (unpaired) electrons. The van der Waals surface area contributed by atoms with Crippen LogP contribution in [0.3, 0.4) is 0 Å². The second-order valence-corrected chi connectivity index (χ2v) is 26.5. The van der Waals surface area contributed by atoms with Crippen molar-refractivity contribution in [3.05, 3.63) is 59.7 Å². The molecule has 346 valence electrons. The van der Waals surface area contributed by atoms with Gasteiger partial charge in [0, 0.05) is 44.1 Å². The summed E-state index contributed by atoms with van der Waals surface area (Å²) in [5.41, 5.74) is 5.10. The molecule has 5 aliphatic rings. The highest BCUT2D eigenvalue weighted by molar-refractivity contribution is 6.90. The van der Waals surface area contributed by atoms with Gasteiger partial charge < -0.3 is 23.8 Å². The molecule has 4 saturated heterocycles. The molecule has 0 spiro atoms. The van der Waals surface area contributed by atoms with Crippen LogP contribution in [0.5, 0.6) is 11.9 Å². The number of halogens is 2. The first-order chi connectivity index (χ1) is 30.8. The number of methoxy groups -OCH3 is 1. The number of piperazine rings is 1. The first-order valence-electron chi connectivity index (χ1n) is 23.5. The Morgan fingerprint density at radius 3 is 2.45 bits per heavy atom. The van der Waals surface area contributed by atoms with Crippen molar-refractivity contribution in [3.63, 3.8) is 0 Å². The summed E-state index contributed by atoms with van der Waals surface area (Å²) in [4.78, 5) is 35.2. The van der Waals surface area contributed by atoms with Gasteiger partial charge in [0.15, 0.2) is 5.82 Å². The fourth-order valence-corrected chi connectivity index (χ4v) is 17.5. The van der Waals surface area contributed by atoms with Crippen molar-refractivity contribution in [1.82, 2.24) is 24.8 Å². The second kappa shape index (κ2) is 16.5. The molecule has 2 aromatic heterocycles. The number of benzene rings is 2. The predicted octanol–water partition coefficient (Wildman–Crippen LogP) is 10.2. The van der Waals surface area contributed by atoms with E-state index >= 15 is 8.78 Å². The number of carbonyl (C=O) groups is 1. The number of hydrogen-bond acceptors (Lipinski definition) is 10. The van der Waals surface area contributed by atoms with E-state index in [1.54, 1.807) is 19.2 Å². The van der Waals surface area contributed by atoms with Gasteiger partial charge >= 0.3 is 12.1 Å². The first kappa shape index (κ1) is 45.3. The molecule has 65 heavy (non-hydrogen) atoms. The highest BCUT2D eigenvalue weighted by atomic mass is 28.3. The molecule has 0 aliphatic carbocycles. The largest absolute Gasteiger partial charge is 0.472 e. The summed E-state index contributed by atoms with van der Waals surface area (Å²) in [7, 11) is -0.575. The van der Waals surface area contributed by atoms with Gasteiger partial charge in [-0.25, -0.2) is 18.6 Å². The molecule has 0 saturated carbocycles. The number of fused-ring (bicyclic) bond motifs is 7. The number of anilines is 1. The summed E-state index contributed by atoms with van der Waals surface area (Å²) in [6, 6.07) is 7.77. The minimum atomic E-state index is -2.30. The molecule has 9 rings (SSSR count). The molecule has 11 nitrogen and oxygen atoms in total. The van der Waals surface area contributed by atoms with Crippen LogP contribution in [0, 0.1) is 23.1 Å². The Morgan fingerprint density at radius 2 is 1.75 bits per heavy atom. The molecule has 1 amide bonds. The standard InChI is InChI=1S/C51H64F2N6O5Si/c1-28(2)65(29(3)4,30(5)6)23-21-36-38(52)18-16-33-14-13-15-37(40(33)36)43-42(53)44-41-46(56-48(55-44)62-27-51-24-35(61-12)26-57(51)22-20-31(51)7)58-25-34-17-19-39(45(58)32(8)63-47(41)54-43)59(34)49(60)64-50(9,10)11/h13-16,18,28-30,32,34-35,39,45H,7,17,19-20,22,24-27H2,1-6,8-12H3/t32-,34+,35+,39-,45+,51?/m0/s1. The quantitative estimate of drug-likeness (QED) is 0.0965. The summed E-state index contributed by atoms with van der Waals surface area (Å²) in [6.45, 7) is 27.6. The molecule has 1 unspecified atom stereocenters. The van der Waals surface area contributed by atoms with E-state index in [2.05, 4.69) is 69.4 Å². The van der Waals surface area contributed by atoms with E-state index in [1.165, 1.54) is 6.07 Å². The molecular weight excluding hydrogens is 843 g/mol. The lowest BCUT2D eigenvalue weighted by atomic mass is 9.90. The van der Waals surface area contributed by atoms with Gasteiger partial charge in [-0.15, -0.1) is 5.54 Å². The number of aromatic nitrogens is 3. The van der Waals surface area contributed by atoms with Crippen molar-refractivity contribution in [2.24, 2.45) is 0 Å². The fraction of sp³-hybridized carbons (Fsp3) is 0.569. The van der Waals surface area contributed by atoms with E-state index in [0.29, 0.717) is 57.1 Å². The number of rotatable bonds is 8. The van der Waals surface area contributed by atoms with Crippen LogP contribution in [0.4, 0.5) is 19.4 Å². The second-order valence-electron chi connectivity index (χ2n) is 20.9. The third-order valence-electron chi connectivity index (χ3n) is 15.3. The van der Waals surface area contributed by atoms with Crippen LogP contribution >= 0.6 is 0 Å². The lowest BCUT2D eigenvalue weighted by Gasteiger charge is -2.48. The Bertz CT molecular complexity index is 2620. The van der Waals surface area contributed by atoms with Crippen molar-refractivity contribution < 1.29 is 32.5 Å². The Morgan fingerprint density at radius 1 is 1.02 bits per heavy atom. The van der Waals surface area contributed by atoms with E-state index in [1.807, 2.05) is 44.7 Å². The van der Waals surface area contributed by atoms with Gasteiger partial charge in [0.05, 0.1) is 35.3 Å². The van der Waals surface area contributed by atoms with Crippen LogP contribution in [0.2, 0.25) is 16.6 Å². The highest BCUT2D eigenvalue weighted by Gasteiger charge is 2.55. The highest BCUT2D eigenvalue weighted by Crippen LogP contribution is 2.49. The minimum Gasteiger partial charge on any atom is -0.472 e. The van der Waals surface area contributed by atoms with Crippen LogP contribution < -0.4 is 14.4 Å². The maximum absolute atomic E-state index is 18.1. The molecule has 6 atom stereocenters. The molecule has 5 aliphatic heterocycles. The van der Waals surface area contributed by atoms with Gasteiger partial charge in [0.2, 0.25) is 5.88 Å². The summed E-state index contributed by atoms with van der Waals surface area (Å²) in [6.07, 6.45) is 2.14. The number of hydrogen-bond donors (Lipinski definition) is 0. The van der Waals surface area contributed by atoms with Crippen molar-refractivity contribution in [2.45, 2.75) is 153 Å². The first-order valence-corrected chi connectivity index (χ1v) is 25.7. The molecule has 2 bridgehead atoms. The van der Waals surface area contributed by atoms with Crippen LogP contribution in [0.25, 0.3) is 32.9 Å². The molecule has 2 aromatic carbocycles. The summed E-state index contributed by atoms with van der Waals surface area (Å²) >= 11 is 0. The molecule has 4 aromatic rings. The molecule has 7 heterocycles. The minimum absolute atomic E-state index is 0.00693. The van der Waals surface area contributed by atoms with Crippen LogP contribution in [0.15, 0.2) is 42.5 Å². The summed E-state index contributed by atoms with van der Waals surface area (Å²) in [5, 5.41) is 1.49. The van der Waals surface area contributed by atoms with Gasteiger partial charge in [-0.05, 0) is 75.0 Å². The molecular formula is C51H64F2N6O5Si. The smallest absolute Gasteiger partial charge is 0.410 e. The van der Waals surface area contributed by atoms with Crippen LogP contribution in [-0.4, -0.2) is 114 Å². The molecule has 0 N–H and O–H groups in total. The zero-order chi connectivity index (χ0) is 46.5. The van der Waals surface area contributed by atoms with Crippen LogP contribution in [0.1, 0.15) is 100 Å². The third kappa shape index (κ3) is 7.35. The summed E-state index contributed by atoms with van der Waals surface area (Å²) in [5.74, 6) is 2.77. The number of pyridine rings is 1. The monoisotopic (exact) mass is 906 g/mol. The number of ether oxygens (including phenoxy) is 4. The van der Waals surface area contributed by atoms with Gasteiger partial charge in [0.1, 0.15) is 54.6 Å². The van der Waals surface area contributed by atoms with E-state index in [-0.39, 0.29) is 59.6 Å². The topological polar surface area (TPSA) is 102 Å². The molecule has 14 heteroatoms. The Hall–Kier alpha value is -4.84. The van der Waals surface area contributed by atoms with E-state index < -0.39 is 43.0 Å². The zero-order valence-corrected chi connectivity index (χ0v) is 40.8. The predicted molar refractivity (Wildman–Crippen MR) is 253 cm³/mol. The lowest BCUT2D eigenvalue weighted by Crippen LogP contribution is -2.65. The van der Waals surface area contributed by atoms with Crippen LogP contribution in [-0.2, 0) is 9.47 Å². The van der Waals surface area contributed by atoms with Crippen molar-refractivity contribution in [1.29, 1.82) is 0 Å². The van der Waals surface area contributed by atoms with E-state index in [0.717, 1.165) is 37.9 Å². The average Bonchev–Trinajstić information content (AvgIpc) is 3.85. The van der Waals surface area contributed by atoms with Crippen molar-refractivity contribution in [2.75, 3.05) is 38.3 Å². The lowest BCUT2D eigenvalue weighted by molar-refractivity contribution is 0.000934.